The van der Waals surface area contributed by atoms with Gasteiger partial charge in [-0.2, -0.15) is 0 Å². The van der Waals surface area contributed by atoms with Gasteiger partial charge in [-0.3, -0.25) is 0 Å². The lowest BCUT2D eigenvalue weighted by molar-refractivity contribution is 0.0189. The van der Waals surface area contributed by atoms with E-state index in [-0.39, 0.29) is 5.60 Å². The molecule has 0 aliphatic rings. The first-order valence-corrected chi connectivity index (χ1v) is 7.47. The summed E-state index contributed by atoms with van der Waals surface area (Å²) in [4.78, 5) is 6.07. The number of ether oxygens (including phenoxy) is 1. The van der Waals surface area contributed by atoms with Gasteiger partial charge in [0.2, 0.25) is 0 Å². The van der Waals surface area contributed by atoms with E-state index in [1.165, 1.54) is 10.6 Å². The summed E-state index contributed by atoms with van der Waals surface area (Å²) in [7, 11) is 1.74. The molecule has 0 saturated carbocycles. The lowest BCUT2D eigenvalue weighted by Gasteiger charge is -2.19. The van der Waals surface area contributed by atoms with Crippen LogP contribution in [0.25, 0.3) is 0 Å². The van der Waals surface area contributed by atoms with Gasteiger partial charge in [0, 0.05) is 18.5 Å². The van der Waals surface area contributed by atoms with Gasteiger partial charge in [0.1, 0.15) is 10.6 Å². The topological polar surface area (TPSA) is 34.1 Å². The van der Waals surface area contributed by atoms with Gasteiger partial charge in [0.15, 0.2) is 0 Å². The summed E-state index contributed by atoms with van der Waals surface area (Å²) in [5, 5.41) is 4.56. The van der Waals surface area contributed by atoms with Crippen LogP contribution in [0.2, 0.25) is 0 Å². The first-order valence-electron chi connectivity index (χ1n) is 6.65. The van der Waals surface area contributed by atoms with Crippen LogP contribution in [-0.2, 0) is 23.3 Å². The van der Waals surface area contributed by atoms with Crippen LogP contribution in [0.1, 0.15) is 50.2 Å². The van der Waals surface area contributed by atoms with Crippen LogP contribution in [0, 0.1) is 5.92 Å². The number of hydrogen-bond acceptors (Lipinski definition) is 4. The Bertz CT molecular complexity index is 372. The highest BCUT2D eigenvalue weighted by Crippen LogP contribution is 2.30. The molecule has 0 unspecified atom stereocenters. The maximum absolute atomic E-state index is 5.51. The highest BCUT2D eigenvalue weighted by atomic mass is 32.1. The highest BCUT2D eigenvalue weighted by molar-refractivity contribution is 7.11. The van der Waals surface area contributed by atoms with Crippen molar-refractivity contribution in [2.75, 3.05) is 13.7 Å². The molecule has 1 aromatic heterocycles. The molecule has 18 heavy (non-hydrogen) atoms. The molecule has 0 atom stereocenters. The van der Waals surface area contributed by atoms with E-state index >= 15 is 0 Å². The Balaban J connectivity index is 2.78. The second kappa shape index (κ2) is 6.64. The molecular weight excluding hydrogens is 244 g/mol. The van der Waals surface area contributed by atoms with Crippen molar-refractivity contribution in [1.29, 1.82) is 0 Å². The SMILES string of the molecule is CCc1nc(C(C)(C)OC)sc1CNCC(C)C. The lowest BCUT2D eigenvalue weighted by atomic mass is 10.1. The lowest BCUT2D eigenvalue weighted by Crippen LogP contribution is -2.19. The van der Waals surface area contributed by atoms with Crippen LogP contribution in [0.5, 0.6) is 0 Å². The average molecular weight is 270 g/mol. The zero-order valence-electron chi connectivity index (χ0n) is 12.5. The summed E-state index contributed by atoms with van der Waals surface area (Å²) < 4.78 is 5.51. The number of nitrogens with zero attached hydrogens (tertiary/aromatic N) is 1. The van der Waals surface area contributed by atoms with E-state index in [1.807, 2.05) is 0 Å². The first-order chi connectivity index (χ1) is 8.40. The molecule has 0 fully saturated rings. The fraction of sp³-hybridized carbons (Fsp3) is 0.786. The summed E-state index contributed by atoms with van der Waals surface area (Å²) >= 11 is 1.77. The van der Waals surface area contributed by atoms with E-state index in [0.29, 0.717) is 5.92 Å². The molecule has 1 N–H and O–H groups in total. The number of hydrogen-bond donors (Lipinski definition) is 1. The summed E-state index contributed by atoms with van der Waals surface area (Å²) in [5.74, 6) is 0.679. The molecule has 1 heterocycles. The number of nitrogens with one attached hydrogen (secondary N) is 1. The van der Waals surface area contributed by atoms with Crippen LogP contribution in [0.3, 0.4) is 0 Å². The van der Waals surface area contributed by atoms with E-state index in [2.05, 4.69) is 39.9 Å². The molecule has 104 valence electrons. The Labute approximate surface area is 115 Å². The normalized spacial score (nSPS) is 12.4. The van der Waals surface area contributed by atoms with E-state index in [1.54, 1.807) is 18.4 Å². The van der Waals surface area contributed by atoms with Crippen LogP contribution < -0.4 is 5.32 Å². The first kappa shape index (κ1) is 15.6. The van der Waals surface area contributed by atoms with Crippen LogP contribution >= 0.6 is 11.3 Å². The number of aryl methyl sites for hydroxylation is 1. The number of rotatable bonds is 7. The molecule has 0 radical (unpaired) electrons. The van der Waals surface area contributed by atoms with Crippen molar-refractivity contribution in [1.82, 2.24) is 10.3 Å². The number of methoxy groups -OCH3 is 1. The molecule has 0 aromatic carbocycles. The van der Waals surface area contributed by atoms with Crippen molar-refractivity contribution in [2.24, 2.45) is 5.92 Å². The van der Waals surface area contributed by atoms with E-state index < -0.39 is 0 Å². The molecule has 4 heteroatoms. The maximum atomic E-state index is 5.51. The third-order valence-corrected chi connectivity index (χ3v) is 4.38. The van der Waals surface area contributed by atoms with Gasteiger partial charge in [-0.1, -0.05) is 20.8 Å². The van der Waals surface area contributed by atoms with Gasteiger partial charge in [-0.15, -0.1) is 11.3 Å². The van der Waals surface area contributed by atoms with Gasteiger partial charge < -0.3 is 10.1 Å². The Hall–Kier alpha value is -0.450. The molecule has 3 nitrogen and oxygen atoms in total. The third kappa shape index (κ3) is 4.04. The fourth-order valence-corrected chi connectivity index (χ4v) is 2.82. The predicted octanol–water partition coefficient (Wildman–Crippen LogP) is 3.33. The predicted molar refractivity (Wildman–Crippen MR) is 78.1 cm³/mol. The molecule has 0 bridgehead atoms. The Morgan fingerprint density at radius 1 is 1.39 bits per heavy atom. The van der Waals surface area contributed by atoms with Crippen molar-refractivity contribution in [3.8, 4) is 0 Å². The monoisotopic (exact) mass is 270 g/mol. The number of thiazole rings is 1. The largest absolute Gasteiger partial charge is 0.372 e. The van der Waals surface area contributed by atoms with Crippen LogP contribution in [-0.4, -0.2) is 18.6 Å². The van der Waals surface area contributed by atoms with Gasteiger partial charge >= 0.3 is 0 Å². The summed E-state index contributed by atoms with van der Waals surface area (Å²) in [5.41, 5.74) is 0.918. The Morgan fingerprint density at radius 3 is 2.56 bits per heavy atom. The summed E-state index contributed by atoms with van der Waals surface area (Å²) in [6, 6.07) is 0. The van der Waals surface area contributed by atoms with Crippen molar-refractivity contribution in [2.45, 2.75) is 53.2 Å². The minimum absolute atomic E-state index is 0.287. The van der Waals surface area contributed by atoms with E-state index in [4.69, 9.17) is 9.72 Å². The third-order valence-electron chi connectivity index (χ3n) is 2.98. The summed E-state index contributed by atoms with van der Waals surface area (Å²) in [6.07, 6.45) is 0.981. The molecule has 0 aliphatic heterocycles. The van der Waals surface area contributed by atoms with Gasteiger partial charge in [0.25, 0.3) is 0 Å². The van der Waals surface area contributed by atoms with Crippen LogP contribution in [0.15, 0.2) is 0 Å². The quantitative estimate of drug-likeness (QED) is 0.825. The zero-order valence-corrected chi connectivity index (χ0v) is 13.3. The highest BCUT2D eigenvalue weighted by Gasteiger charge is 2.25. The Kier molecular flexibility index (Phi) is 5.76. The Morgan fingerprint density at radius 2 is 2.06 bits per heavy atom. The maximum Gasteiger partial charge on any atom is 0.125 e. The molecule has 1 aromatic rings. The molecule has 0 aliphatic carbocycles. The molecular formula is C14H26N2OS. The van der Waals surface area contributed by atoms with E-state index in [9.17, 15) is 0 Å². The second-order valence-corrected chi connectivity index (χ2v) is 6.57. The van der Waals surface area contributed by atoms with Gasteiger partial charge in [-0.25, -0.2) is 4.98 Å². The van der Waals surface area contributed by atoms with Crippen LogP contribution in [0.4, 0.5) is 0 Å². The minimum atomic E-state index is -0.287. The fourth-order valence-electron chi connectivity index (χ4n) is 1.62. The van der Waals surface area contributed by atoms with Crippen molar-refractivity contribution < 1.29 is 4.74 Å². The molecule has 1 rings (SSSR count). The van der Waals surface area contributed by atoms with Crippen molar-refractivity contribution in [3.05, 3.63) is 15.6 Å². The molecule has 0 amide bonds. The van der Waals surface area contributed by atoms with Crippen molar-refractivity contribution in [3.63, 3.8) is 0 Å². The molecule has 0 saturated heterocycles. The second-order valence-electron chi connectivity index (χ2n) is 5.48. The zero-order chi connectivity index (χ0) is 13.8. The summed E-state index contributed by atoms with van der Waals surface area (Å²) in [6.45, 7) is 12.7. The van der Waals surface area contributed by atoms with Crippen molar-refractivity contribution >= 4 is 11.3 Å². The van der Waals surface area contributed by atoms with E-state index in [0.717, 1.165) is 24.5 Å². The number of aromatic nitrogens is 1. The van der Waals surface area contributed by atoms with Gasteiger partial charge in [-0.05, 0) is 32.7 Å². The van der Waals surface area contributed by atoms with Gasteiger partial charge in [0.05, 0.1) is 5.69 Å². The minimum Gasteiger partial charge on any atom is -0.372 e. The average Bonchev–Trinajstić information content (AvgIpc) is 2.72. The standard InChI is InChI=1S/C14H26N2OS/c1-7-11-12(9-15-8-10(2)3)18-13(16-11)14(4,5)17-6/h10,15H,7-9H2,1-6H3. The smallest absolute Gasteiger partial charge is 0.125 e. The molecule has 0 spiro atoms.